The Bertz CT molecular complexity index is 263. The van der Waals surface area contributed by atoms with Crippen molar-refractivity contribution in [3.05, 3.63) is 16.9 Å². The number of halogens is 2. The second-order valence-electron chi connectivity index (χ2n) is 2.82. The molecule has 0 radical (unpaired) electrons. The highest BCUT2D eigenvalue weighted by Crippen LogP contribution is 2.12. The van der Waals surface area contributed by atoms with Gasteiger partial charge < -0.3 is 4.90 Å². The number of alkyl halides is 1. The van der Waals surface area contributed by atoms with Crippen molar-refractivity contribution in [2.24, 2.45) is 0 Å². The van der Waals surface area contributed by atoms with E-state index in [9.17, 15) is 0 Å². The molecule has 5 heteroatoms. The SMILES string of the molecule is CC(CBr)N(C)c1ncc(Br)cn1. The first-order valence-corrected chi connectivity index (χ1v) is 5.83. The van der Waals surface area contributed by atoms with E-state index >= 15 is 0 Å². The van der Waals surface area contributed by atoms with Crippen LogP contribution in [0.1, 0.15) is 6.92 Å². The number of hydrogen-bond donors (Lipinski definition) is 0. The summed E-state index contributed by atoms with van der Waals surface area (Å²) in [5.41, 5.74) is 0. The average molecular weight is 309 g/mol. The summed E-state index contributed by atoms with van der Waals surface area (Å²) < 4.78 is 0.899. The van der Waals surface area contributed by atoms with Crippen molar-refractivity contribution >= 4 is 37.8 Å². The van der Waals surface area contributed by atoms with Crippen molar-refractivity contribution in [1.29, 1.82) is 0 Å². The Labute approximate surface area is 94.8 Å². The van der Waals surface area contributed by atoms with Crippen LogP contribution in [0, 0.1) is 0 Å². The molecule has 1 unspecified atom stereocenters. The maximum absolute atomic E-state index is 4.19. The zero-order valence-electron chi connectivity index (χ0n) is 7.54. The molecular weight excluding hydrogens is 298 g/mol. The van der Waals surface area contributed by atoms with Crippen LogP contribution in [0.2, 0.25) is 0 Å². The molecule has 0 aliphatic rings. The van der Waals surface area contributed by atoms with Crippen molar-refractivity contribution < 1.29 is 0 Å². The van der Waals surface area contributed by atoms with Crippen molar-refractivity contribution in [1.82, 2.24) is 9.97 Å². The number of hydrogen-bond acceptors (Lipinski definition) is 3. The van der Waals surface area contributed by atoms with Gasteiger partial charge in [-0.05, 0) is 22.9 Å². The van der Waals surface area contributed by atoms with E-state index in [2.05, 4.69) is 48.8 Å². The van der Waals surface area contributed by atoms with Gasteiger partial charge >= 0.3 is 0 Å². The first kappa shape index (κ1) is 10.9. The Hall–Kier alpha value is -0.160. The second kappa shape index (κ2) is 4.91. The molecule has 0 saturated heterocycles. The minimum absolute atomic E-state index is 0.390. The Morgan fingerprint density at radius 2 is 2.00 bits per heavy atom. The third-order valence-corrected chi connectivity index (χ3v) is 3.15. The molecule has 0 bridgehead atoms. The number of anilines is 1. The molecule has 0 aliphatic carbocycles. The van der Waals surface area contributed by atoms with Gasteiger partial charge in [-0.2, -0.15) is 0 Å². The molecule has 0 amide bonds. The lowest BCUT2D eigenvalue weighted by atomic mass is 10.4. The zero-order chi connectivity index (χ0) is 9.84. The Balaban J connectivity index is 2.77. The number of aromatic nitrogens is 2. The van der Waals surface area contributed by atoms with Gasteiger partial charge in [-0.1, -0.05) is 15.9 Å². The molecule has 0 spiro atoms. The van der Waals surface area contributed by atoms with Crippen LogP contribution < -0.4 is 4.90 Å². The fourth-order valence-corrected chi connectivity index (χ4v) is 1.43. The lowest BCUT2D eigenvalue weighted by molar-refractivity contribution is 0.741. The van der Waals surface area contributed by atoms with Gasteiger partial charge in [0, 0.05) is 30.8 Å². The van der Waals surface area contributed by atoms with Crippen molar-refractivity contribution in [3.8, 4) is 0 Å². The van der Waals surface area contributed by atoms with Gasteiger partial charge in [0.15, 0.2) is 0 Å². The molecule has 1 heterocycles. The van der Waals surface area contributed by atoms with Crippen LogP contribution in [-0.4, -0.2) is 28.4 Å². The fraction of sp³-hybridized carbons (Fsp3) is 0.500. The van der Waals surface area contributed by atoms with Crippen LogP contribution in [0.5, 0.6) is 0 Å². The smallest absolute Gasteiger partial charge is 0.225 e. The first-order valence-electron chi connectivity index (χ1n) is 3.91. The van der Waals surface area contributed by atoms with E-state index in [0.717, 1.165) is 15.8 Å². The highest BCUT2D eigenvalue weighted by Gasteiger charge is 2.10. The van der Waals surface area contributed by atoms with E-state index < -0.39 is 0 Å². The quantitative estimate of drug-likeness (QED) is 0.803. The van der Waals surface area contributed by atoms with Crippen molar-refractivity contribution in [2.45, 2.75) is 13.0 Å². The largest absolute Gasteiger partial charge is 0.340 e. The predicted octanol–water partition coefficient (Wildman–Crippen LogP) is 2.46. The van der Waals surface area contributed by atoms with E-state index in [0.29, 0.717) is 6.04 Å². The summed E-state index contributed by atoms with van der Waals surface area (Å²) in [6, 6.07) is 0.390. The summed E-state index contributed by atoms with van der Waals surface area (Å²) in [5, 5.41) is 0.906. The van der Waals surface area contributed by atoms with Gasteiger partial charge in [0.2, 0.25) is 5.95 Å². The van der Waals surface area contributed by atoms with Gasteiger partial charge in [-0.25, -0.2) is 9.97 Å². The minimum atomic E-state index is 0.390. The number of rotatable bonds is 3. The lowest BCUT2D eigenvalue weighted by Crippen LogP contribution is -2.31. The van der Waals surface area contributed by atoms with E-state index in [1.807, 2.05) is 11.9 Å². The third-order valence-electron chi connectivity index (χ3n) is 1.81. The standard InChI is InChI=1S/C8H11Br2N3/c1-6(3-9)13(2)8-11-4-7(10)5-12-8/h4-6H,3H2,1-2H3. The maximum atomic E-state index is 4.19. The van der Waals surface area contributed by atoms with Gasteiger partial charge in [-0.15, -0.1) is 0 Å². The molecule has 0 N–H and O–H groups in total. The van der Waals surface area contributed by atoms with Crippen LogP contribution in [0.3, 0.4) is 0 Å². The van der Waals surface area contributed by atoms with E-state index in [-0.39, 0.29) is 0 Å². The van der Waals surface area contributed by atoms with Crippen LogP contribution in [0.15, 0.2) is 16.9 Å². The molecule has 1 aromatic rings. The molecule has 1 atom stereocenters. The second-order valence-corrected chi connectivity index (χ2v) is 4.38. The highest BCUT2D eigenvalue weighted by molar-refractivity contribution is 9.10. The Morgan fingerprint density at radius 3 is 2.46 bits per heavy atom. The van der Waals surface area contributed by atoms with Crippen molar-refractivity contribution in [2.75, 3.05) is 17.3 Å². The summed E-state index contributed by atoms with van der Waals surface area (Å²) in [6.45, 7) is 2.11. The molecule has 0 aliphatic heterocycles. The van der Waals surface area contributed by atoms with Crippen LogP contribution in [0.25, 0.3) is 0 Å². The van der Waals surface area contributed by atoms with Gasteiger partial charge in [0.25, 0.3) is 0 Å². The summed E-state index contributed by atoms with van der Waals surface area (Å²) in [7, 11) is 1.98. The topological polar surface area (TPSA) is 29.0 Å². The normalized spacial score (nSPS) is 12.6. The molecule has 1 rings (SSSR count). The van der Waals surface area contributed by atoms with Gasteiger partial charge in [0.05, 0.1) is 4.47 Å². The Morgan fingerprint density at radius 1 is 1.46 bits per heavy atom. The van der Waals surface area contributed by atoms with E-state index in [4.69, 9.17) is 0 Å². The molecule has 3 nitrogen and oxygen atoms in total. The summed E-state index contributed by atoms with van der Waals surface area (Å²) >= 11 is 6.72. The predicted molar refractivity (Wildman–Crippen MR) is 61.4 cm³/mol. The minimum Gasteiger partial charge on any atom is -0.340 e. The zero-order valence-corrected chi connectivity index (χ0v) is 10.7. The molecule has 0 saturated carbocycles. The van der Waals surface area contributed by atoms with Crippen molar-refractivity contribution in [3.63, 3.8) is 0 Å². The van der Waals surface area contributed by atoms with Crippen LogP contribution in [-0.2, 0) is 0 Å². The average Bonchev–Trinajstić information content (AvgIpc) is 2.17. The molecule has 1 aromatic heterocycles. The van der Waals surface area contributed by atoms with E-state index in [1.54, 1.807) is 12.4 Å². The molecule has 72 valence electrons. The van der Waals surface area contributed by atoms with Crippen LogP contribution >= 0.6 is 31.9 Å². The summed E-state index contributed by atoms with van der Waals surface area (Å²) in [6.07, 6.45) is 3.50. The highest BCUT2D eigenvalue weighted by atomic mass is 79.9. The lowest BCUT2D eigenvalue weighted by Gasteiger charge is -2.22. The van der Waals surface area contributed by atoms with Crippen LogP contribution in [0.4, 0.5) is 5.95 Å². The first-order chi connectivity index (χ1) is 6.15. The summed E-state index contributed by atoms with van der Waals surface area (Å²) in [4.78, 5) is 10.4. The van der Waals surface area contributed by atoms with Gasteiger partial charge in [-0.3, -0.25) is 0 Å². The third kappa shape index (κ3) is 2.91. The maximum Gasteiger partial charge on any atom is 0.225 e. The molecule has 0 aromatic carbocycles. The van der Waals surface area contributed by atoms with E-state index in [1.165, 1.54) is 0 Å². The fourth-order valence-electron chi connectivity index (χ4n) is 0.788. The molecular formula is C8H11Br2N3. The molecule has 13 heavy (non-hydrogen) atoms. The Kier molecular flexibility index (Phi) is 4.12. The summed E-state index contributed by atoms with van der Waals surface area (Å²) in [5.74, 6) is 0.746. The monoisotopic (exact) mass is 307 g/mol. The molecule has 0 fully saturated rings. The van der Waals surface area contributed by atoms with Gasteiger partial charge in [0.1, 0.15) is 0 Å². The number of nitrogens with zero attached hydrogens (tertiary/aromatic N) is 3.